The van der Waals surface area contributed by atoms with Gasteiger partial charge < -0.3 is 19.0 Å². The second-order valence-corrected chi connectivity index (χ2v) is 12.3. The number of ether oxygens (including phenoxy) is 2. The molecule has 9 heteroatoms. The van der Waals surface area contributed by atoms with Gasteiger partial charge in [0.1, 0.15) is 23.9 Å². The Morgan fingerprint density at radius 3 is 1.98 bits per heavy atom. The number of alkyl carbamates (subject to hydrolysis) is 1. The molecule has 1 aliphatic carbocycles. The average molecular weight is 634 g/mol. The highest BCUT2D eigenvalue weighted by Crippen LogP contribution is 2.44. The van der Waals surface area contributed by atoms with Crippen LogP contribution in [0.15, 0.2) is 138 Å². The summed E-state index contributed by atoms with van der Waals surface area (Å²) in [4.78, 5) is 26.4. The number of hydrogen-bond donors (Lipinski definition) is 1. The maximum absolute atomic E-state index is 13.4. The molecule has 0 fully saturated rings. The van der Waals surface area contributed by atoms with Gasteiger partial charge in [0.15, 0.2) is 0 Å². The molecule has 1 aliphatic rings. The Morgan fingerprint density at radius 2 is 1.30 bits per heavy atom. The van der Waals surface area contributed by atoms with Gasteiger partial charge in [-0.2, -0.15) is 8.42 Å². The van der Waals surface area contributed by atoms with E-state index in [1.54, 1.807) is 30.3 Å². The maximum Gasteiger partial charge on any atom is 0.407 e. The summed E-state index contributed by atoms with van der Waals surface area (Å²) >= 11 is 0. The molecule has 6 rings (SSSR count). The Labute approximate surface area is 267 Å². The highest BCUT2D eigenvalue weighted by atomic mass is 32.2. The zero-order valence-corrected chi connectivity index (χ0v) is 25.6. The van der Waals surface area contributed by atoms with Crippen LogP contribution < -0.4 is 9.50 Å². The van der Waals surface area contributed by atoms with Crippen molar-refractivity contribution in [2.45, 2.75) is 23.3 Å². The van der Waals surface area contributed by atoms with E-state index in [2.05, 4.69) is 17.4 Å². The van der Waals surface area contributed by atoms with Crippen molar-refractivity contribution < 1.29 is 31.7 Å². The lowest BCUT2D eigenvalue weighted by Crippen LogP contribution is -2.33. The van der Waals surface area contributed by atoms with Crippen LogP contribution in [0.25, 0.3) is 11.1 Å². The molecule has 0 heterocycles. The minimum atomic E-state index is -4.11. The maximum atomic E-state index is 13.4. The summed E-state index contributed by atoms with van der Waals surface area (Å²) in [7, 11) is -4.11. The standard InChI is InChI=1S/C37H31NO7S/c39-36(43-24-26-12-3-1-4-13-26)34(27-14-11-15-28(22-27)45-46(41,42)29-16-5-2-6-17-29)23-38-37(40)44-25-35-32-20-9-7-18-30(32)31-19-8-10-21-33(31)35/h1-22,34-35H,23-25H2,(H,38,40). The van der Waals surface area contributed by atoms with Crippen LogP contribution in [0.3, 0.4) is 0 Å². The second kappa shape index (κ2) is 13.7. The summed E-state index contributed by atoms with van der Waals surface area (Å²) in [5.41, 5.74) is 5.60. The molecule has 8 nitrogen and oxygen atoms in total. The Hall–Kier alpha value is -5.41. The Bertz CT molecular complexity index is 1900. The third-order valence-electron chi connectivity index (χ3n) is 7.80. The van der Waals surface area contributed by atoms with Crippen molar-refractivity contribution in [1.82, 2.24) is 5.32 Å². The van der Waals surface area contributed by atoms with Crippen LogP contribution in [-0.2, 0) is 31.0 Å². The van der Waals surface area contributed by atoms with Gasteiger partial charge in [0, 0.05) is 12.5 Å². The van der Waals surface area contributed by atoms with Crippen LogP contribution in [0.4, 0.5) is 4.79 Å². The van der Waals surface area contributed by atoms with Gasteiger partial charge in [0.25, 0.3) is 0 Å². The number of carbonyl (C=O) groups is 2. The third kappa shape index (κ3) is 6.95. The van der Waals surface area contributed by atoms with E-state index in [-0.39, 0.29) is 36.3 Å². The van der Waals surface area contributed by atoms with Crippen LogP contribution >= 0.6 is 0 Å². The van der Waals surface area contributed by atoms with E-state index in [0.717, 1.165) is 27.8 Å². The lowest BCUT2D eigenvalue weighted by atomic mass is 9.98. The highest BCUT2D eigenvalue weighted by molar-refractivity contribution is 7.87. The molecule has 0 radical (unpaired) electrons. The largest absolute Gasteiger partial charge is 0.460 e. The number of benzene rings is 5. The fraction of sp³-hybridized carbons (Fsp3) is 0.135. The summed E-state index contributed by atoms with van der Waals surface area (Å²) in [5.74, 6) is -1.69. The molecule has 0 saturated carbocycles. The van der Waals surface area contributed by atoms with Crippen LogP contribution in [0, 0.1) is 0 Å². The fourth-order valence-electron chi connectivity index (χ4n) is 5.55. The molecule has 1 amide bonds. The van der Waals surface area contributed by atoms with Crippen molar-refractivity contribution in [3.8, 4) is 16.9 Å². The minimum absolute atomic E-state index is 0.00357. The van der Waals surface area contributed by atoms with Crippen LogP contribution in [-0.4, -0.2) is 33.6 Å². The zero-order valence-electron chi connectivity index (χ0n) is 24.7. The molecule has 0 aromatic heterocycles. The van der Waals surface area contributed by atoms with Crippen molar-refractivity contribution in [2.24, 2.45) is 0 Å². The van der Waals surface area contributed by atoms with Gasteiger partial charge in [-0.1, -0.05) is 109 Å². The fourth-order valence-corrected chi connectivity index (χ4v) is 6.49. The van der Waals surface area contributed by atoms with E-state index in [1.165, 1.54) is 24.3 Å². The van der Waals surface area contributed by atoms with E-state index in [0.29, 0.717) is 5.56 Å². The van der Waals surface area contributed by atoms with Gasteiger partial charge in [0.2, 0.25) is 0 Å². The van der Waals surface area contributed by atoms with E-state index in [9.17, 15) is 18.0 Å². The quantitative estimate of drug-likeness (QED) is 0.126. The van der Waals surface area contributed by atoms with Crippen molar-refractivity contribution >= 4 is 22.2 Å². The molecule has 0 aliphatic heterocycles. The number of hydrogen-bond acceptors (Lipinski definition) is 7. The summed E-state index contributed by atoms with van der Waals surface area (Å²) < 4.78 is 42.3. The van der Waals surface area contributed by atoms with E-state index >= 15 is 0 Å². The molecule has 46 heavy (non-hydrogen) atoms. The Balaban J connectivity index is 1.16. The molecule has 5 aromatic carbocycles. The van der Waals surface area contributed by atoms with Gasteiger partial charge in [-0.05, 0) is 57.6 Å². The van der Waals surface area contributed by atoms with Crippen LogP contribution in [0.2, 0.25) is 0 Å². The molecule has 1 unspecified atom stereocenters. The molecule has 1 atom stereocenters. The van der Waals surface area contributed by atoms with Crippen molar-refractivity contribution in [3.63, 3.8) is 0 Å². The predicted octanol–water partition coefficient (Wildman–Crippen LogP) is 6.82. The summed E-state index contributed by atoms with van der Waals surface area (Å²) in [6.45, 7) is -0.0114. The summed E-state index contributed by atoms with van der Waals surface area (Å²) in [6, 6.07) is 39.2. The summed E-state index contributed by atoms with van der Waals surface area (Å²) in [5, 5.41) is 2.70. The first-order chi connectivity index (χ1) is 22.4. The molecule has 0 bridgehead atoms. The predicted molar refractivity (Wildman–Crippen MR) is 173 cm³/mol. The second-order valence-electron chi connectivity index (χ2n) is 10.8. The highest BCUT2D eigenvalue weighted by Gasteiger charge is 2.30. The molecule has 1 N–H and O–H groups in total. The number of rotatable bonds is 11. The first kappa shape index (κ1) is 30.6. The number of carbonyl (C=O) groups excluding carboxylic acids is 2. The number of amides is 1. The zero-order chi connectivity index (χ0) is 31.9. The smallest absolute Gasteiger partial charge is 0.407 e. The average Bonchev–Trinajstić information content (AvgIpc) is 3.41. The molecular formula is C37H31NO7S. The van der Waals surface area contributed by atoms with E-state index in [1.807, 2.05) is 66.7 Å². The Kier molecular flexibility index (Phi) is 9.12. The van der Waals surface area contributed by atoms with Crippen molar-refractivity contribution in [2.75, 3.05) is 13.2 Å². The normalized spacial score (nSPS) is 12.8. The topological polar surface area (TPSA) is 108 Å². The van der Waals surface area contributed by atoms with Crippen molar-refractivity contribution in [3.05, 3.63) is 156 Å². The minimum Gasteiger partial charge on any atom is -0.460 e. The molecule has 0 saturated heterocycles. The number of nitrogens with one attached hydrogen (secondary N) is 1. The van der Waals surface area contributed by atoms with Gasteiger partial charge >= 0.3 is 22.2 Å². The van der Waals surface area contributed by atoms with Crippen LogP contribution in [0.1, 0.15) is 34.1 Å². The lowest BCUT2D eigenvalue weighted by Gasteiger charge is -2.19. The van der Waals surface area contributed by atoms with Crippen LogP contribution in [0.5, 0.6) is 5.75 Å². The van der Waals surface area contributed by atoms with Crippen molar-refractivity contribution in [1.29, 1.82) is 0 Å². The molecular weight excluding hydrogens is 602 g/mol. The SMILES string of the molecule is O=C(NCC(C(=O)OCc1ccccc1)c1cccc(OS(=O)(=O)c2ccccc2)c1)OCC1c2ccccc2-c2ccccc21. The van der Waals surface area contributed by atoms with Gasteiger partial charge in [0.05, 0.1) is 5.92 Å². The van der Waals surface area contributed by atoms with Gasteiger partial charge in [-0.15, -0.1) is 0 Å². The third-order valence-corrected chi connectivity index (χ3v) is 9.06. The van der Waals surface area contributed by atoms with E-state index < -0.39 is 28.1 Å². The Morgan fingerprint density at radius 1 is 0.696 bits per heavy atom. The molecule has 0 spiro atoms. The van der Waals surface area contributed by atoms with Gasteiger partial charge in [-0.25, -0.2) is 4.79 Å². The lowest BCUT2D eigenvalue weighted by molar-refractivity contribution is -0.146. The molecule has 5 aromatic rings. The monoisotopic (exact) mass is 633 g/mol. The number of esters is 1. The first-order valence-electron chi connectivity index (χ1n) is 14.8. The molecule has 232 valence electrons. The van der Waals surface area contributed by atoms with E-state index in [4.69, 9.17) is 13.7 Å². The number of fused-ring (bicyclic) bond motifs is 3. The van der Waals surface area contributed by atoms with Gasteiger partial charge in [-0.3, -0.25) is 4.79 Å². The summed E-state index contributed by atoms with van der Waals surface area (Å²) in [6.07, 6.45) is -0.693. The first-order valence-corrected chi connectivity index (χ1v) is 16.2.